The van der Waals surface area contributed by atoms with Gasteiger partial charge in [0.2, 0.25) is 5.91 Å². The minimum atomic E-state index is -0.393. The van der Waals surface area contributed by atoms with E-state index in [4.69, 9.17) is 14.4 Å². The third kappa shape index (κ3) is 2.52. The molecule has 21 heavy (non-hydrogen) atoms. The molecule has 3 heterocycles. The summed E-state index contributed by atoms with van der Waals surface area (Å²) in [6.07, 6.45) is 3.56. The van der Waals surface area contributed by atoms with Crippen molar-refractivity contribution in [2.75, 3.05) is 6.54 Å². The minimum absolute atomic E-state index is 0.289. The molecule has 2 aromatic heterocycles. The lowest BCUT2D eigenvalue weighted by Crippen LogP contribution is -2.28. The van der Waals surface area contributed by atoms with Crippen LogP contribution in [0, 0.1) is 0 Å². The number of hydrogen-bond donors (Lipinski definition) is 0. The van der Waals surface area contributed by atoms with Crippen LogP contribution >= 0.6 is 0 Å². The average Bonchev–Trinajstić information content (AvgIpc) is 3.24. The maximum atomic E-state index is 12.1. The molecule has 106 valence electrons. The number of rotatable bonds is 4. The maximum absolute atomic E-state index is 12.1. The van der Waals surface area contributed by atoms with E-state index < -0.39 is 5.91 Å². The van der Waals surface area contributed by atoms with Crippen LogP contribution in [0.3, 0.4) is 0 Å². The Kier molecular flexibility index (Phi) is 3.44. The summed E-state index contributed by atoms with van der Waals surface area (Å²) >= 11 is 0. The van der Waals surface area contributed by atoms with Crippen LogP contribution in [0.15, 0.2) is 55.8 Å². The van der Waals surface area contributed by atoms with Gasteiger partial charge in [0.05, 0.1) is 12.5 Å². The number of carbonyl (C=O) groups is 1. The lowest BCUT2D eigenvalue weighted by molar-refractivity contribution is -0.131. The Bertz CT molecular complexity index is 698. The fourth-order valence-electron chi connectivity index (χ4n) is 2.20. The maximum Gasteiger partial charge on any atom is 0.249 e. The molecule has 0 radical (unpaired) electrons. The largest absolute Gasteiger partial charge is 0.467 e. The molecular weight excluding hydrogens is 274 g/mol. The first-order valence-electron chi connectivity index (χ1n) is 6.27. The number of amides is 1. The molecule has 0 fully saturated rings. The predicted molar refractivity (Wildman–Crippen MR) is 72.2 cm³/mol. The van der Waals surface area contributed by atoms with Crippen molar-refractivity contribution in [3.63, 3.8) is 0 Å². The van der Waals surface area contributed by atoms with E-state index in [0.29, 0.717) is 23.7 Å². The van der Waals surface area contributed by atoms with Crippen molar-refractivity contribution < 1.29 is 13.6 Å². The molecule has 8 nitrogen and oxygen atoms in total. The highest BCUT2D eigenvalue weighted by atomic mass is 16.3. The molecule has 1 amide bonds. The van der Waals surface area contributed by atoms with E-state index in [2.05, 4.69) is 15.1 Å². The second kappa shape index (κ2) is 5.56. The van der Waals surface area contributed by atoms with Gasteiger partial charge in [-0.2, -0.15) is 5.10 Å². The lowest BCUT2D eigenvalue weighted by Gasteiger charge is -2.18. The highest BCUT2D eigenvalue weighted by Crippen LogP contribution is 2.33. The summed E-state index contributed by atoms with van der Waals surface area (Å²) in [5.74, 6) is 0.830. The van der Waals surface area contributed by atoms with Gasteiger partial charge in [0.25, 0.3) is 0 Å². The predicted octanol–water partition coefficient (Wildman–Crippen LogP) is 2.86. The number of furan rings is 2. The van der Waals surface area contributed by atoms with E-state index in [1.807, 2.05) is 0 Å². The van der Waals surface area contributed by atoms with Crippen molar-refractivity contribution in [2.45, 2.75) is 12.5 Å². The zero-order valence-corrected chi connectivity index (χ0v) is 10.9. The van der Waals surface area contributed by atoms with Gasteiger partial charge < -0.3 is 8.83 Å². The highest BCUT2D eigenvalue weighted by Gasteiger charge is 2.35. The van der Waals surface area contributed by atoms with Gasteiger partial charge >= 0.3 is 0 Å². The summed E-state index contributed by atoms with van der Waals surface area (Å²) < 4.78 is 10.7. The molecule has 3 rings (SSSR count). The van der Waals surface area contributed by atoms with Crippen LogP contribution in [-0.2, 0) is 4.79 Å². The molecule has 0 saturated heterocycles. The van der Waals surface area contributed by atoms with Gasteiger partial charge in [0.15, 0.2) is 0 Å². The van der Waals surface area contributed by atoms with Gasteiger partial charge in [-0.1, -0.05) is 5.11 Å². The van der Waals surface area contributed by atoms with Gasteiger partial charge in [0, 0.05) is 11.3 Å². The average molecular weight is 285 g/mol. The van der Waals surface area contributed by atoms with Gasteiger partial charge in [-0.3, -0.25) is 4.79 Å². The van der Waals surface area contributed by atoms with Crippen LogP contribution in [0.25, 0.3) is 10.4 Å². The van der Waals surface area contributed by atoms with Crippen molar-refractivity contribution in [3.8, 4) is 0 Å². The molecule has 1 aliphatic rings. The standard InChI is InChI=1S/C13H11N5O3/c14-17-15-8-13(19)18-10(12-4-2-6-21-12)7-9(16-18)11-3-1-5-20-11/h1-6,10H,7-8H2/t10-/m1/s1. The Morgan fingerprint density at radius 1 is 1.43 bits per heavy atom. The van der Waals surface area contributed by atoms with Crippen LogP contribution in [0.5, 0.6) is 0 Å². The molecule has 0 spiro atoms. The SMILES string of the molecule is [N-]=[N+]=NCC(=O)N1N=C(c2ccco2)C[C@@H]1c1ccco1. The van der Waals surface area contributed by atoms with Crippen LogP contribution in [0.2, 0.25) is 0 Å². The normalized spacial score (nSPS) is 17.4. The van der Waals surface area contributed by atoms with Crippen molar-refractivity contribution in [2.24, 2.45) is 10.2 Å². The first-order valence-corrected chi connectivity index (χ1v) is 6.27. The molecule has 8 heteroatoms. The van der Waals surface area contributed by atoms with E-state index in [0.717, 1.165) is 0 Å². The summed E-state index contributed by atoms with van der Waals surface area (Å²) in [7, 11) is 0. The van der Waals surface area contributed by atoms with Crippen molar-refractivity contribution in [1.82, 2.24) is 5.01 Å². The number of hydrogen-bond acceptors (Lipinski definition) is 5. The Labute approximate surface area is 119 Å². The Morgan fingerprint density at radius 2 is 2.24 bits per heavy atom. The first-order chi connectivity index (χ1) is 10.3. The summed E-state index contributed by atoms with van der Waals surface area (Å²) in [6, 6.07) is 6.69. The second-order valence-electron chi connectivity index (χ2n) is 4.39. The molecule has 1 aliphatic heterocycles. The summed E-state index contributed by atoms with van der Waals surface area (Å²) in [5, 5.41) is 8.85. The van der Waals surface area contributed by atoms with Crippen LogP contribution in [-0.4, -0.2) is 23.2 Å². The van der Waals surface area contributed by atoms with E-state index >= 15 is 0 Å². The zero-order valence-electron chi connectivity index (χ0n) is 10.9. The van der Waals surface area contributed by atoms with Gasteiger partial charge in [-0.25, -0.2) is 5.01 Å². The highest BCUT2D eigenvalue weighted by molar-refractivity contribution is 6.01. The molecule has 1 atom stereocenters. The molecule has 0 saturated carbocycles. The molecule has 0 unspecified atom stereocenters. The second-order valence-corrected chi connectivity index (χ2v) is 4.39. The number of carbonyl (C=O) groups excluding carboxylic acids is 1. The number of nitrogens with zero attached hydrogens (tertiary/aromatic N) is 5. The van der Waals surface area contributed by atoms with Gasteiger partial charge in [-0.05, 0) is 29.8 Å². The fourth-order valence-corrected chi connectivity index (χ4v) is 2.20. The molecule has 0 N–H and O–H groups in total. The molecule has 0 aromatic carbocycles. The third-order valence-corrected chi connectivity index (χ3v) is 3.11. The van der Waals surface area contributed by atoms with E-state index in [1.165, 1.54) is 11.3 Å². The number of hydrazone groups is 1. The van der Waals surface area contributed by atoms with E-state index in [-0.39, 0.29) is 12.6 Å². The number of azide groups is 1. The Balaban J connectivity index is 1.90. The first kappa shape index (κ1) is 13.0. The summed E-state index contributed by atoms with van der Waals surface area (Å²) in [6.45, 7) is -0.289. The molecule has 0 aliphatic carbocycles. The third-order valence-electron chi connectivity index (χ3n) is 3.11. The Morgan fingerprint density at radius 3 is 2.90 bits per heavy atom. The molecule has 0 bridgehead atoms. The molecule has 2 aromatic rings. The smallest absolute Gasteiger partial charge is 0.249 e. The van der Waals surface area contributed by atoms with Crippen molar-refractivity contribution in [3.05, 3.63) is 58.8 Å². The zero-order chi connectivity index (χ0) is 14.7. The monoisotopic (exact) mass is 285 g/mol. The topological polar surface area (TPSA) is 108 Å². The van der Waals surface area contributed by atoms with Crippen LogP contribution < -0.4 is 0 Å². The minimum Gasteiger partial charge on any atom is -0.467 e. The molecular formula is C13H11N5O3. The van der Waals surface area contributed by atoms with Gasteiger partial charge in [0.1, 0.15) is 29.8 Å². The van der Waals surface area contributed by atoms with Gasteiger partial charge in [-0.15, -0.1) is 0 Å². The summed E-state index contributed by atoms with van der Waals surface area (Å²) in [4.78, 5) is 14.7. The van der Waals surface area contributed by atoms with Crippen molar-refractivity contribution >= 4 is 11.6 Å². The quantitative estimate of drug-likeness (QED) is 0.489. The van der Waals surface area contributed by atoms with Crippen molar-refractivity contribution in [1.29, 1.82) is 0 Å². The fraction of sp³-hybridized carbons (Fsp3) is 0.231. The summed E-state index contributed by atoms with van der Waals surface area (Å²) in [5.41, 5.74) is 8.98. The van der Waals surface area contributed by atoms with E-state index in [9.17, 15) is 4.79 Å². The van der Waals surface area contributed by atoms with Crippen LogP contribution in [0.4, 0.5) is 0 Å². The lowest BCUT2D eigenvalue weighted by atomic mass is 10.1. The van der Waals surface area contributed by atoms with Crippen LogP contribution in [0.1, 0.15) is 24.0 Å². The van der Waals surface area contributed by atoms with E-state index in [1.54, 1.807) is 30.5 Å². The Hall–Kier alpha value is -2.99.